The van der Waals surface area contributed by atoms with Gasteiger partial charge in [0.2, 0.25) is 0 Å². The summed E-state index contributed by atoms with van der Waals surface area (Å²) in [5, 5.41) is 37.2. The topological polar surface area (TPSA) is 155 Å². The number of rotatable bonds is 2. The van der Waals surface area contributed by atoms with Crippen molar-refractivity contribution in [3.63, 3.8) is 0 Å². The van der Waals surface area contributed by atoms with Crippen LogP contribution < -0.4 is 11.4 Å². The van der Waals surface area contributed by atoms with E-state index in [0.717, 1.165) is 10.8 Å². The van der Waals surface area contributed by atoms with Crippen molar-refractivity contribution in [3.8, 4) is 6.07 Å². The molecule has 1 aliphatic rings. The van der Waals surface area contributed by atoms with Crippen molar-refractivity contribution in [2.45, 2.75) is 24.5 Å². The van der Waals surface area contributed by atoms with Gasteiger partial charge >= 0.3 is 5.69 Å². The Kier molecular flexibility index (Phi) is 3.50. The fraction of sp³-hybridized carbons (Fsp3) is 0.500. The summed E-state index contributed by atoms with van der Waals surface area (Å²) in [6, 6.07) is 1.74. The van der Waals surface area contributed by atoms with Crippen LogP contribution in [0.2, 0.25) is 0 Å². The van der Waals surface area contributed by atoms with Gasteiger partial charge in [0, 0.05) is 6.20 Å². The molecule has 1 aromatic heterocycles. The molecule has 19 heavy (non-hydrogen) atoms. The summed E-state index contributed by atoms with van der Waals surface area (Å²) in [4.78, 5) is 15.1. The van der Waals surface area contributed by atoms with Crippen LogP contribution in [0.5, 0.6) is 0 Å². The smallest absolute Gasteiger partial charge is 0.351 e. The first-order valence-electron chi connectivity index (χ1n) is 5.40. The molecule has 0 amide bonds. The van der Waals surface area contributed by atoms with Crippen molar-refractivity contribution in [1.29, 1.82) is 5.26 Å². The van der Waals surface area contributed by atoms with Gasteiger partial charge in [0.15, 0.2) is 6.23 Å². The van der Waals surface area contributed by atoms with E-state index in [0.29, 0.717) is 0 Å². The maximum absolute atomic E-state index is 11.7. The third kappa shape index (κ3) is 2.18. The second kappa shape index (κ2) is 4.94. The maximum atomic E-state index is 11.7. The van der Waals surface area contributed by atoms with Gasteiger partial charge in [-0.2, -0.15) is 10.2 Å². The molecule has 1 fully saturated rings. The zero-order valence-electron chi connectivity index (χ0n) is 9.67. The second-order valence-corrected chi connectivity index (χ2v) is 4.07. The lowest BCUT2D eigenvalue weighted by Crippen LogP contribution is -2.36. The van der Waals surface area contributed by atoms with Gasteiger partial charge in [0.25, 0.3) is 0 Å². The van der Waals surface area contributed by atoms with E-state index in [1.165, 1.54) is 0 Å². The largest absolute Gasteiger partial charge is 0.394 e. The number of nitriles is 1. The van der Waals surface area contributed by atoms with E-state index >= 15 is 0 Å². The lowest BCUT2D eigenvalue weighted by atomic mass is 10.1. The van der Waals surface area contributed by atoms with E-state index in [1.54, 1.807) is 6.07 Å². The first kappa shape index (κ1) is 13.4. The molecule has 1 aromatic rings. The normalized spacial score (nSPS) is 30.2. The zero-order valence-corrected chi connectivity index (χ0v) is 9.67. The fourth-order valence-electron chi connectivity index (χ4n) is 1.86. The lowest BCUT2D eigenvalue weighted by Gasteiger charge is -2.17. The first-order chi connectivity index (χ1) is 8.99. The van der Waals surface area contributed by atoms with Gasteiger partial charge < -0.3 is 25.8 Å². The molecule has 0 spiro atoms. The van der Waals surface area contributed by atoms with Crippen LogP contribution >= 0.6 is 0 Å². The molecule has 2 rings (SSSR count). The number of ether oxygens (including phenoxy) is 1. The Labute approximate surface area is 107 Å². The summed E-state index contributed by atoms with van der Waals surface area (Å²) < 4.78 is 6.02. The van der Waals surface area contributed by atoms with Crippen LogP contribution in [0.4, 0.5) is 5.82 Å². The Morgan fingerprint density at radius 1 is 1.53 bits per heavy atom. The summed E-state index contributed by atoms with van der Waals surface area (Å²) in [7, 11) is 0. The van der Waals surface area contributed by atoms with Crippen LogP contribution in [-0.4, -0.2) is 49.8 Å². The molecule has 0 aromatic carbocycles. The first-order valence-corrected chi connectivity index (χ1v) is 5.40. The number of aliphatic hydroxyl groups is 3. The minimum absolute atomic E-state index is 0.0580. The van der Waals surface area contributed by atoms with E-state index in [1.807, 2.05) is 0 Å². The number of aliphatic hydroxyl groups excluding tert-OH is 3. The Morgan fingerprint density at radius 3 is 2.74 bits per heavy atom. The number of aromatic nitrogens is 2. The molecule has 9 heteroatoms. The summed E-state index contributed by atoms with van der Waals surface area (Å²) in [6.07, 6.45) is -3.93. The van der Waals surface area contributed by atoms with Gasteiger partial charge in [-0.25, -0.2) is 4.79 Å². The van der Waals surface area contributed by atoms with Crippen LogP contribution in [0.25, 0.3) is 0 Å². The highest BCUT2D eigenvalue weighted by Gasteiger charge is 2.43. The molecule has 0 radical (unpaired) electrons. The third-order valence-corrected chi connectivity index (χ3v) is 2.89. The molecule has 0 unspecified atom stereocenters. The summed E-state index contributed by atoms with van der Waals surface area (Å²) in [5.74, 6) is -0.226. The number of nitrogens with zero attached hydrogens (tertiary/aromatic N) is 3. The highest BCUT2D eigenvalue weighted by molar-refractivity contribution is 5.45. The quantitative estimate of drug-likeness (QED) is 0.452. The summed E-state index contributed by atoms with van der Waals surface area (Å²) in [6.45, 7) is -0.517. The predicted molar refractivity (Wildman–Crippen MR) is 60.6 cm³/mol. The van der Waals surface area contributed by atoms with Gasteiger partial charge in [-0.05, 0) is 0 Å². The van der Waals surface area contributed by atoms with Crippen molar-refractivity contribution >= 4 is 5.82 Å². The van der Waals surface area contributed by atoms with E-state index in [4.69, 9.17) is 20.8 Å². The highest BCUT2D eigenvalue weighted by Crippen LogP contribution is 2.28. The van der Waals surface area contributed by atoms with E-state index < -0.39 is 36.8 Å². The Morgan fingerprint density at radius 2 is 2.21 bits per heavy atom. The fourth-order valence-corrected chi connectivity index (χ4v) is 1.86. The summed E-state index contributed by atoms with van der Waals surface area (Å²) in [5.41, 5.74) is 4.49. The minimum Gasteiger partial charge on any atom is -0.394 e. The molecular formula is C10H12N4O5. The van der Waals surface area contributed by atoms with Crippen molar-refractivity contribution < 1.29 is 20.1 Å². The van der Waals surface area contributed by atoms with Gasteiger partial charge in [0.05, 0.1) is 6.61 Å². The molecule has 0 saturated carbocycles. The number of anilines is 1. The molecule has 102 valence electrons. The number of hydrogen-bond acceptors (Lipinski definition) is 8. The van der Waals surface area contributed by atoms with Crippen molar-refractivity contribution in [3.05, 3.63) is 22.2 Å². The van der Waals surface area contributed by atoms with Gasteiger partial charge in [-0.15, -0.1) is 0 Å². The van der Waals surface area contributed by atoms with E-state index in [9.17, 15) is 15.0 Å². The average Bonchev–Trinajstić information content (AvgIpc) is 2.67. The zero-order chi connectivity index (χ0) is 14.2. The number of hydrogen-bond donors (Lipinski definition) is 4. The SMILES string of the molecule is N#Cc1cn([C@@H]2O[C@@H](CO)[C@@H](O)[C@@H]2O)c(=O)nc1N. The van der Waals surface area contributed by atoms with Crippen molar-refractivity contribution in [2.24, 2.45) is 0 Å². The second-order valence-electron chi connectivity index (χ2n) is 4.07. The van der Waals surface area contributed by atoms with E-state index in [2.05, 4.69) is 4.98 Å². The highest BCUT2D eigenvalue weighted by atomic mass is 16.6. The van der Waals surface area contributed by atoms with Crippen molar-refractivity contribution in [1.82, 2.24) is 9.55 Å². The molecule has 9 nitrogen and oxygen atoms in total. The average molecular weight is 268 g/mol. The van der Waals surface area contributed by atoms with Crippen LogP contribution in [-0.2, 0) is 4.74 Å². The third-order valence-electron chi connectivity index (χ3n) is 2.89. The van der Waals surface area contributed by atoms with Gasteiger partial charge in [0.1, 0.15) is 35.8 Å². The Hall–Kier alpha value is -1.99. The van der Waals surface area contributed by atoms with Gasteiger partial charge in [-0.3, -0.25) is 4.57 Å². The predicted octanol–water partition coefficient (Wildman–Crippen LogP) is -2.69. The molecular weight excluding hydrogens is 256 g/mol. The Balaban J connectivity index is 2.44. The Bertz CT molecular complexity index is 580. The van der Waals surface area contributed by atoms with E-state index in [-0.39, 0.29) is 11.4 Å². The van der Waals surface area contributed by atoms with Gasteiger partial charge in [-0.1, -0.05) is 0 Å². The number of nitrogens with two attached hydrogens (primary N) is 1. The van der Waals surface area contributed by atoms with Crippen molar-refractivity contribution in [2.75, 3.05) is 12.3 Å². The summed E-state index contributed by atoms with van der Waals surface area (Å²) >= 11 is 0. The number of nitrogen functional groups attached to an aromatic ring is 1. The van der Waals surface area contributed by atoms with Crippen LogP contribution in [0.15, 0.2) is 11.0 Å². The molecule has 1 saturated heterocycles. The van der Waals surface area contributed by atoms with Crippen LogP contribution in [0.3, 0.4) is 0 Å². The lowest BCUT2D eigenvalue weighted by molar-refractivity contribution is -0.0549. The minimum atomic E-state index is -1.42. The molecule has 0 bridgehead atoms. The van der Waals surface area contributed by atoms with Crippen LogP contribution in [0, 0.1) is 11.3 Å². The van der Waals surface area contributed by atoms with Crippen LogP contribution in [0.1, 0.15) is 11.8 Å². The molecule has 2 heterocycles. The maximum Gasteiger partial charge on any atom is 0.351 e. The molecule has 1 aliphatic heterocycles. The standard InChI is InChI=1S/C10H12N4O5/c11-1-4-2-14(10(18)13-8(4)12)9-7(17)6(16)5(3-15)19-9/h2,5-7,9,15-17H,3H2,(H2,12,13,18)/t5-,6+,7-,9+/m0/s1. The molecule has 5 N–H and O–H groups in total. The monoisotopic (exact) mass is 268 g/mol. The molecule has 0 aliphatic carbocycles. The molecule has 4 atom stereocenters.